The number of furan rings is 1. The molecule has 5 nitrogen and oxygen atoms in total. The average Bonchev–Trinajstić information content (AvgIpc) is 3.03. The van der Waals surface area contributed by atoms with Gasteiger partial charge in [0, 0.05) is 23.9 Å². The smallest absolute Gasteiger partial charge is 0.217 e. The molecular weight excluding hydrogens is 342 g/mol. The van der Waals surface area contributed by atoms with E-state index in [4.69, 9.17) is 13.9 Å². The minimum absolute atomic E-state index is 0.0679. The zero-order valence-electron chi connectivity index (χ0n) is 16.1. The van der Waals surface area contributed by atoms with E-state index in [2.05, 4.69) is 5.32 Å². The van der Waals surface area contributed by atoms with Crippen molar-refractivity contribution in [3.8, 4) is 11.5 Å². The fourth-order valence-electron chi connectivity index (χ4n) is 2.94. The Labute approximate surface area is 159 Å². The van der Waals surface area contributed by atoms with Crippen molar-refractivity contribution in [3.63, 3.8) is 0 Å². The van der Waals surface area contributed by atoms with Crippen LogP contribution in [0.4, 0.5) is 0 Å². The molecule has 5 heteroatoms. The maximum Gasteiger partial charge on any atom is 0.217 e. The second kappa shape index (κ2) is 8.16. The SMILES string of the molecule is CC(=O)NC(C)c1coc2cc(OCc3ccc(OC(C)C)cc3)ccc12. The number of hydrogen-bond donors (Lipinski definition) is 1. The quantitative estimate of drug-likeness (QED) is 0.639. The minimum atomic E-state index is -0.109. The molecule has 3 aromatic rings. The van der Waals surface area contributed by atoms with Crippen molar-refractivity contribution < 1.29 is 18.7 Å². The van der Waals surface area contributed by atoms with Gasteiger partial charge in [-0.1, -0.05) is 12.1 Å². The third-order valence-electron chi connectivity index (χ3n) is 4.16. The van der Waals surface area contributed by atoms with Crippen molar-refractivity contribution in [1.82, 2.24) is 5.32 Å². The largest absolute Gasteiger partial charge is 0.491 e. The lowest BCUT2D eigenvalue weighted by Gasteiger charge is -2.11. The second-order valence-electron chi connectivity index (χ2n) is 6.87. The summed E-state index contributed by atoms with van der Waals surface area (Å²) in [6.45, 7) is 7.91. The van der Waals surface area contributed by atoms with Crippen molar-refractivity contribution in [2.45, 2.75) is 46.4 Å². The van der Waals surface area contributed by atoms with Gasteiger partial charge < -0.3 is 19.2 Å². The number of ether oxygens (including phenoxy) is 2. The van der Waals surface area contributed by atoms with Gasteiger partial charge in [0.15, 0.2) is 0 Å². The van der Waals surface area contributed by atoms with Gasteiger partial charge in [0.25, 0.3) is 0 Å². The molecule has 0 aliphatic heterocycles. The van der Waals surface area contributed by atoms with Gasteiger partial charge in [-0.3, -0.25) is 4.79 Å². The van der Waals surface area contributed by atoms with E-state index in [1.54, 1.807) is 6.26 Å². The maximum absolute atomic E-state index is 11.3. The van der Waals surface area contributed by atoms with Crippen molar-refractivity contribution in [1.29, 1.82) is 0 Å². The average molecular weight is 367 g/mol. The monoisotopic (exact) mass is 367 g/mol. The predicted octanol–water partition coefficient (Wildman–Crippen LogP) is 5.00. The van der Waals surface area contributed by atoms with Crippen LogP contribution >= 0.6 is 0 Å². The summed E-state index contributed by atoms with van der Waals surface area (Å²) in [6.07, 6.45) is 1.84. The molecule has 1 N–H and O–H groups in total. The highest BCUT2D eigenvalue weighted by atomic mass is 16.5. The molecule has 3 rings (SSSR count). The van der Waals surface area contributed by atoms with E-state index in [1.807, 2.05) is 63.2 Å². The van der Waals surface area contributed by atoms with Crippen molar-refractivity contribution >= 4 is 16.9 Å². The molecule has 0 aliphatic carbocycles. The van der Waals surface area contributed by atoms with Crippen LogP contribution < -0.4 is 14.8 Å². The second-order valence-corrected chi connectivity index (χ2v) is 6.87. The summed E-state index contributed by atoms with van der Waals surface area (Å²) in [4.78, 5) is 11.3. The molecule has 0 saturated carbocycles. The zero-order valence-corrected chi connectivity index (χ0v) is 16.1. The number of nitrogens with one attached hydrogen (secondary N) is 1. The lowest BCUT2D eigenvalue weighted by Crippen LogP contribution is -2.23. The Morgan fingerprint density at radius 1 is 1.07 bits per heavy atom. The van der Waals surface area contributed by atoms with E-state index in [0.29, 0.717) is 6.61 Å². The number of hydrogen-bond acceptors (Lipinski definition) is 4. The summed E-state index contributed by atoms with van der Waals surface area (Å²) in [5.41, 5.74) is 2.75. The Morgan fingerprint density at radius 2 is 1.78 bits per heavy atom. The number of carbonyl (C=O) groups is 1. The van der Waals surface area contributed by atoms with Crippen LogP contribution in [0.5, 0.6) is 11.5 Å². The highest BCUT2D eigenvalue weighted by Crippen LogP contribution is 2.29. The third-order valence-corrected chi connectivity index (χ3v) is 4.16. The van der Waals surface area contributed by atoms with Crippen LogP contribution in [-0.4, -0.2) is 12.0 Å². The summed E-state index contributed by atoms with van der Waals surface area (Å²) >= 11 is 0. The summed E-state index contributed by atoms with van der Waals surface area (Å²) in [5, 5.41) is 3.85. The van der Waals surface area contributed by atoms with Crippen molar-refractivity contribution in [2.75, 3.05) is 0 Å². The third kappa shape index (κ3) is 4.82. The molecule has 27 heavy (non-hydrogen) atoms. The number of benzene rings is 2. The number of rotatable bonds is 7. The molecule has 2 aromatic carbocycles. The lowest BCUT2D eigenvalue weighted by atomic mass is 10.1. The standard InChI is InChI=1S/C22H25NO4/c1-14(2)27-18-7-5-17(6-8-18)12-25-19-9-10-20-21(13-26-22(20)11-19)15(3)23-16(4)24/h5-11,13-15H,12H2,1-4H3,(H,23,24). The van der Waals surface area contributed by atoms with Gasteiger partial charge in [-0.15, -0.1) is 0 Å². The van der Waals surface area contributed by atoms with Crippen LogP contribution in [-0.2, 0) is 11.4 Å². The summed E-state index contributed by atoms with van der Waals surface area (Å²) in [6, 6.07) is 13.5. The van der Waals surface area contributed by atoms with Gasteiger partial charge >= 0.3 is 0 Å². The molecule has 1 amide bonds. The summed E-state index contributed by atoms with van der Waals surface area (Å²) in [7, 11) is 0. The molecule has 1 atom stereocenters. The highest BCUT2D eigenvalue weighted by molar-refractivity contribution is 5.83. The van der Waals surface area contributed by atoms with Crippen LogP contribution in [0.1, 0.15) is 44.9 Å². The molecule has 142 valence electrons. The molecule has 1 aromatic heterocycles. The van der Waals surface area contributed by atoms with Crippen LogP contribution in [0.3, 0.4) is 0 Å². The Bertz CT molecular complexity index is 912. The first kappa shape index (κ1) is 18.8. The molecule has 0 spiro atoms. The van der Waals surface area contributed by atoms with E-state index < -0.39 is 0 Å². The lowest BCUT2D eigenvalue weighted by molar-refractivity contribution is -0.119. The van der Waals surface area contributed by atoms with Crippen LogP contribution in [0, 0.1) is 0 Å². The number of carbonyl (C=O) groups excluding carboxylic acids is 1. The first-order chi connectivity index (χ1) is 12.9. The first-order valence-electron chi connectivity index (χ1n) is 9.09. The van der Waals surface area contributed by atoms with Crippen LogP contribution in [0.2, 0.25) is 0 Å². The summed E-state index contributed by atoms with van der Waals surface area (Å²) < 4.78 is 17.2. The molecule has 1 heterocycles. The normalized spacial score (nSPS) is 12.2. The number of fused-ring (bicyclic) bond motifs is 1. The molecular formula is C22H25NO4. The Morgan fingerprint density at radius 3 is 2.44 bits per heavy atom. The van der Waals surface area contributed by atoms with E-state index in [1.165, 1.54) is 6.92 Å². The van der Waals surface area contributed by atoms with Crippen LogP contribution in [0.15, 0.2) is 53.1 Å². The topological polar surface area (TPSA) is 60.7 Å². The molecule has 1 unspecified atom stereocenters. The highest BCUT2D eigenvalue weighted by Gasteiger charge is 2.14. The van der Waals surface area contributed by atoms with Gasteiger partial charge in [0.2, 0.25) is 5.91 Å². The Balaban J connectivity index is 1.66. The first-order valence-corrected chi connectivity index (χ1v) is 9.09. The maximum atomic E-state index is 11.3. The van der Waals surface area contributed by atoms with Crippen molar-refractivity contribution in [2.24, 2.45) is 0 Å². The predicted molar refractivity (Wildman–Crippen MR) is 105 cm³/mol. The fraction of sp³-hybridized carbons (Fsp3) is 0.318. The Kier molecular flexibility index (Phi) is 5.69. The van der Waals surface area contributed by atoms with Gasteiger partial charge in [0.05, 0.1) is 18.4 Å². The van der Waals surface area contributed by atoms with Gasteiger partial charge in [0.1, 0.15) is 23.7 Å². The van der Waals surface area contributed by atoms with Gasteiger partial charge in [-0.05, 0) is 50.6 Å². The molecule has 0 radical (unpaired) electrons. The van der Waals surface area contributed by atoms with E-state index in [-0.39, 0.29) is 18.1 Å². The molecule has 0 aliphatic rings. The number of amides is 1. The van der Waals surface area contributed by atoms with Crippen molar-refractivity contribution in [3.05, 3.63) is 59.9 Å². The van der Waals surface area contributed by atoms with E-state index in [0.717, 1.165) is 33.6 Å². The van der Waals surface area contributed by atoms with E-state index in [9.17, 15) is 4.79 Å². The van der Waals surface area contributed by atoms with Gasteiger partial charge in [-0.2, -0.15) is 0 Å². The van der Waals surface area contributed by atoms with Crippen LogP contribution in [0.25, 0.3) is 11.0 Å². The minimum Gasteiger partial charge on any atom is -0.491 e. The molecule has 0 saturated heterocycles. The molecule has 0 fully saturated rings. The fourth-order valence-corrected chi connectivity index (χ4v) is 2.94. The van der Waals surface area contributed by atoms with E-state index >= 15 is 0 Å². The molecule has 0 bridgehead atoms. The zero-order chi connectivity index (χ0) is 19.4. The Hall–Kier alpha value is -2.95. The van der Waals surface area contributed by atoms with Gasteiger partial charge in [-0.25, -0.2) is 0 Å². The summed E-state index contributed by atoms with van der Waals surface area (Å²) in [5.74, 6) is 1.52.